The summed E-state index contributed by atoms with van der Waals surface area (Å²) in [5.41, 5.74) is 11.1. The Labute approximate surface area is 139 Å². The van der Waals surface area contributed by atoms with E-state index in [0.29, 0.717) is 31.7 Å². The molecule has 6 nitrogen and oxygen atoms in total. The second-order valence-corrected chi connectivity index (χ2v) is 5.52. The quantitative estimate of drug-likeness (QED) is 0.767. The molecule has 0 aromatic heterocycles. The lowest BCUT2D eigenvalue weighted by Crippen LogP contribution is -2.46. The van der Waals surface area contributed by atoms with Crippen molar-refractivity contribution in [3.8, 4) is 0 Å². The molecule has 0 spiro atoms. The third kappa shape index (κ3) is 3.89. The number of carbonyl (C=O) groups is 2. The molecule has 22 heavy (non-hydrogen) atoms. The maximum Gasteiger partial charge on any atom is 0.250 e. The van der Waals surface area contributed by atoms with Gasteiger partial charge in [-0.3, -0.25) is 9.59 Å². The molecule has 1 aromatic rings. The van der Waals surface area contributed by atoms with Gasteiger partial charge in [-0.2, -0.15) is 0 Å². The minimum atomic E-state index is -0.618. The van der Waals surface area contributed by atoms with Crippen LogP contribution in [0.25, 0.3) is 0 Å². The number of primary amides is 1. The molecule has 2 rings (SSSR count). The van der Waals surface area contributed by atoms with Gasteiger partial charge in [0.2, 0.25) is 11.8 Å². The summed E-state index contributed by atoms with van der Waals surface area (Å²) in [7, 11) is 0. The highest BCUT2D eigenvalue weighted by Gasteiger charge is 2.38. The van der Waals surface area contributed by atoms with Crippen molar-refractivity contribution in [2.75, 3.05) is 25.1 Å². The maximum atomic E-state index is 12.5. The van der Waals surface area contributed by atoms with Gasteiger partial charge in [0, 0.05) is 25.4 Å². The van der Waals surface area contributed by atoms with Crippen LogP contribution >= 0.6 is 24.0 Å². The molecule has 0 aliphatic carbocycles. The molecule has 1 aliphatic heterocycles. The van der Waals surface area contributed by atoms with E-state index in [9.17, 15) is 9.59 Å². The molecule has 2 amide bonds. The van der Waals surface area contributed by atoms with Crippen LogP contribution in [0.4, 0.5) is 5.69 Å². The first kappa shape index (κ1) is 18.7. The summed E-state index contributed by atoms with van der Waals surface area (Å²) in [4.78, 5) is 23.6. The van der Waals surface area contributed by atoms with E-state index in [4.69, 9.17) is 27.8 Å². The van der Waals surface area contributed by atoms with Gasteiger partial charge in [0.15, 0.2) is 0 Å². The fourth-order valence-corrected chi connectivity index (χ4v) is 2.62. The molecule has 1 heterocycles. The Morgan fingerprint density at radius 3 is 2.45 bits per heavy atom. The van der Waals surface area contributed by atoms with Crippen molar-refractivity contribution in [2.24, 2.45) is 16.9 Å². The number of nitrogens with two attached hydrogens (primary N) is 2. The smallest absolute Gasteiger partial charge is 0.250 e. The molecule has 0 atom stereocenters. The lowest BCUT2D eigenvalue weighted by molar-refractivity contribution is -0.130. The van der Waals surface area contributed by atoms with E-state index in [1.54, 1.807) is 6.07 Å². The maximum absolute atomic E-state index is 12.5. The van der Waals surface area contributed by atoms with Crippen LogP contribution in [-0.4, -0.2) is 31.6 Å². The van der Waals surface area contributed by atoms with Crippen LogP contribution in [0.3, 0.4) is 0 Å². The van der Waals surface area contributed by atoms with Gasteiger partial charge in [-0.15, -0.1) is 12.4 Å². The molecule has 0 saturated carbocycles. The number of hydrogen-bond acceptors (Lipinski definition) is 4. The SMILES string of the molecule is Cl.NCC1(C(=O)Nc2ccc(C(N)=O)c(Cl)c2)CCOCC1. The minimum absolute atomic E-state index is 0. The topological polar surface area (TPSA) is 107 Å². The van der Waals surface area contributed by atoms with E-state index in [2.05, 4.69) is 5.32 Å². The zero-order chi connectivity index (χ0) is 15.5. The van der Waals surface area contributed by atoms with Gasteiger partial charge >= 0.3 is 0 Å². The lowest BCUT2D eigenvalue weighted by Gasteiger charge is -2.34. The highest BCUT2D eigenvalue weighted by molar-refractivity contribution is 6.34. The molecule has 1 fully saturated rings. The van der Waals surface area contributed by atoms with Crippen molar-refractivity contribution in [2.45, 2.75) is 12.8 Å². The van der Waals surface area contributed by atoms with Gasteiger partial charge in [-0.05, 0) is 31.0 Å². The Balaban J connectivity index is 0.00000242. The predicted octanol–water partition coefficient (Wildman–Crippen LogP) is 1.55. The normalized spacial score (nSPS) is 16.5. The second kappa shape index (κ2) is 7.78. The number of halogens is 2. The fourth-order valence-electron chi connectivity index (χ4n) is 2.34. The van der Waals surface area contributed by atoms with Crippen molar-refractivity contribution < 1.29 is 14.3 Å². The molecule has 0 unspecified atom stereocenters. The Bertz CT molecular complexity index is 560. The van der Waals surface area contributed by atoms with Gasteiger partial charge in [0.1, 0.15) is 0 Å². The summed E-state index contributed by atoms with van der Waals surface area (Å²) in [6, 6.07) is 4.58. The molecule has 1 saturated heterocycles. The average Bonchev–Trinajstić information content (AvgIpc) is 2.47. The van der Waals surface area contributed by atoms with Crippen LogP contribution in [0.15, 0.2) is 18.2 Å². The Kier molecular flexibility index (Phi) is 6.62. The van der Waals surface area contributed by atoms with Crippen molar-refractivity contribution in [1.29, 1.82) is 0 Å². The fraction of sp³-hybridized carbons (Fsp3) is 0.429. The zero-order valence-corrected chi connectivity index (χ0v) is 13.5. The summed E-state index contributed by atoms with van der Waals surface area (Å²) < 4.78 is 5.28. The molecule has 1 aromatic carbocycles. The van der Waals surface area contributed by atoms with E-state index in [1.807, 2.05) is 0 Å². The summed E-state index contributed by atoms with van der Waals surface area (Å²) in [5.74, 6) is -0.767. The van der Waals surface area contributed by atoms with E-state index in [-0.39, 0.29) is 35.4 Å². The van der Waals surface area contributed by atoms with Crippen LogP contribution in [-0.2, 0) is 9.53 Å². The third-order valence-corrected chi connectivity index (χ3v) is 4.13. The second-order valence-electron chi connectivity index (χ2n) is 5.11. The van der Waals surface area contributed by atoms with Gasteiger partial charge in [0.25, 0.3) is 0 Å². The van der Waals surface area contributed by atoms with Crippen LogP contribution in [0.5, 0.6) is 0 Å². The third-order valence-electron chi connectivity index (χ3n) is 3.81. The highest BCUT2D eigenvalue weighted by Crippen LogP contribution is 2.31. The van der Waals surface area contributed by atoms with E-state index >= 15 is 0 Å². The first-order valence-electron chi connectivity index (χ1n) is 6.67. The van der Waals surface area contributed by atoms with E-state index < -0.39 is 11.3 Å². The molecule has 5 N–H and O–H groups in total. The number of benzene rings is 1. The summed E-state index contributed by atoms with van der Waals surface area (Å²) in [6.07, 6.45) is 1.17. The highest BCUT2D eigenvalue weighted by atomic mass is 35.5. The molecule has 8 heteroatoms. The predicted molar refractivity (Wildman–Crippen MR) is 87.4 cm³/mol. The number of carbonyl (C=O) groups excluding carboxylic acids is 2. The Morgan fingerprint density at radius 2 is 1.95 bits per heavy atom. The standard InChI is InChI=1S/C14H18ClN3O3.ClH/c15-11-7-9(1-2-10(11)12(17)19)18-13(20)14(8-16)3-5-21-6-4-14;/h1-2,7H,3-6,8,16H2,(H2,17,19)(H,18,20);1H. The van der Waals surface area contributed by atoms with Crippen molar-refractivity contribution in [3.05, 3.63) is 28.8 Å². The number of ether oxygens (including phenoxy) is 1. The van der Waals surface area contributed by atoms with Crippen molar-refractivity contribution >= 4 is 41.5 Å². The van der Waals surface area contributed by atoms with E-state index in [0.717, 1.165) is 0 Å². The first-order valence-corrected chi connectivity index (χ1v) is 7.05. The number of hydrogen-bond donors (Lipinski definition) is 3. The van der Waals surface area contributed by atoms with Gasteiger partial charge in [0.05, 0.1) is 16.0 Å². The molecular weight excluding hydrogens is 329 g/mol. The van der Waals surface area contributed by atoms with Crippen LogP contribution < -0.4 is 16.8 Å². The van der Waals surface area contributed by atoms with Crippen molar-refractivity contribution in [1.82, 2.24) is 0 Å². The lowest BCUT2D eigenvalue weighted by atomic mass is 9.79. The summed E-state index contributed by atoms with van der Waals surface area (Å²) in [5, 5.41) is 3.00. The van der Waals surface area contributed by atoms with Crippen molar-refractivity contribution in [3.63, 3.8) is 0 Å². The molecule has 0 radical (unpaired) electrons. The summed E-state index contributed by atoms with van der Waals surface area (Å²) in [6.45, 7) is 1.30. The molecule has 1 aliphatic rings. The van der Waals surface area contributed by atoms with Crippen LogP contribution in [0.2, 0.25) is 5.02 Å². The van der Waals surface area contributed by atoms with Crippen LogP contribution in [0, 0.1) is 5.41 Å². The average molecular weight is 348 g/mol. The van der Waals surface area contributed by atoms with Gasteiger partial charge < -0.3 is 21.5 Å². The monoisotopic (exact) mass is 347 g/mol. The van der Waals surface area contributed by atoms with Gasteiger partial charge in [-0.25, -0.2) is 0 Å². The largest absolute Gasteiger partial charge is 0.381 e. The van der Waals surface area contributed by atoms with Gasteiger partial charge in [-0.1, -0.05) is 11.6 Å². The first-order chi connectivity index (χ1) is 9.98. The van der Waals surface area contributed by atoms with E-state index in [1.165, 1.54) is 12.1 Å². The zero-order valence-electron chi connectivity index (χ0n) is 11.9. The molecule has 0 bridgehead atoms. The molecular formula is C14H19Cl2N3O3. The number of anilines is 1. The number of nitrogens with one attached hydrogen (secondary N) is 1. The minimum Gasteiger partial charge on any atom is -0.381 e. The Morgan fingerprint density at radius 1 is 1.32 bits per heavy atom. The molecule has 122 valence electrons. The Hall–Kier alpha value is -1.34. The summed E-state index contributed by atoms with van der Waals surface area (Å²) >= 11 is 5.97. The number of amides is 2. The number of rotatable bonds is 4. The van der Waals surface area contributed by atoms with Crippen LogP contribution in [0.1, 0.15) is 23.2 Å².